The Kier molecular flexibility index (Phi) is 14.0. The van der Waals surface area contributed by atoms with E-state index in [1.54, 1.807) is 19.1 Å². The number of hydrogen-bond donors (Lipinski definition) is 4. The maximum absolute atomic E-state index is 14.3. The van der Waals surface area contributed by atoms with E-state index in [0.29, 0.717) is 35.0 Å². The van der Waals surface area contributed by atoms with Gasteiger partial charge in [-0.1, -0.05) is 52.8 Å². The standard InChI is InChI=1S/C44H69N5O6/c1-12-48(13-2)34-19-30(18-31(20-34)42(52)45-33(17-26(3)4)24-47(9)10)35-16-14-15-29(41(35)54-11)23-49-40(39(28(6)51)38(25-50)55-49)43(53)46-37-22-32-21-36(27(37)5)44(32,7)8/h14-16,18-20,26-28,32-33,36-40,50-51H,12-13,17,21-25H2,1-11H3,(H,45,52)(H,46,53). The van der Waals surface area contributed by atoms with Gasteiger partial charge in [-0.2, -0.15) is 5.06 Å². The minimum Gasteiger partial charge on any atom is -0.496 e. The van der Waals surface area contributed by atoms with Gasteiger partial charge in [0.25, 0.3) is 5.91 Å². The first kappa shape index (κ1) is 42.9. The Bertz CT molecular complexity index is 1620. The van der Waals surface area contributed by atoms with E-state index in [9.17, 15) is 19.8 Å². The monoisotopic (exact) mass is 764 g/mol. The number of methoxy groups -OCH3 is 1. The number of amides is 2. The van der Waals surface area contributed by atoms with Crippen molar-refractivity contribution in [2.75, 3.05) is 52.3 Å². The third-order valence-electron chi connectivity index (χ3n) is 13.0. The maximum atomic E-state index is 14.3. The van der Waals surface area contributed by atoms with Gasteiger partial charge >= 0.3 is 0 Å². The van der Waals surface area contributed by atoms with Crippen molar-refractivity contribution in [1.82, 2.24) is 20.6 Å². The summed E-state index contributed by atoms with van der Waals surface area (Å²) < 4.78 is 6.14. The van der Waals surface area contributed by atoms with Crippen LogP contribution in [0.15, 0.2) is 36.4 Å². The minimum atomic E-state index is -0.896. The van der Waals surface area contributed by atoms with Crippen LogP contribution in [-0.4, -0.2) is 110 Å². The van der Waals surface area contributed by atoms with Crippen LogP contribution in [0.1, 0.15) is 90.6 Å². The number of rotatable bonds is 17. The molecule has 2 bridgehead atoms. The second kappa shape index (κ2) is 17.9. The summed E-state index contributed by atoms with van der Waals surface area (Å²) in [6.07, 6.45) is 1.36. The van der Waals surface area contributed by atoms with Crippen molar-refractivity contribution < 1.29 is 29.4 Å². The molecular weight excluding hydrogens is 695 g/mol. The number of nitrogens with zero attached hydrogens (tertiary/aromatic N) is 3. The highest BCUT2D eigenvalue weighted by Crippen LogP contribution is 2.61. The third kappa shape index (κ3) is 9.17. The highest BCUT2D eigenvalue weighted by molar-refractivity contribution is 5.97. The van der Waals surface area contributed by atoms with Gasteiger partial charge in [-0.25, -0.2) is 0 Å². The number of aliphatic hydroxyl groups is 2. The van der Waals surface area contributed by atoms with Gasteiger partial charge in [0.15, 0.2) is 0 Å². The number of anilines is 1. The molecule has 9 unspecified atom stereocenters. The molecule has 11 nitrogen and oxygen atoms in total. The molecule has 0 spiro atoms. The van der Waals surface area contributed by atoms with Gasteiger partial charge in [-0.3, -0.25) is 14.4 Å². The van der Waals surface area contributed by atoms with E-state index >= 15 is 0 Å². The zero-order chi connectivity index (χ0) is 40.4. The Hall–Kier alpha value is -3.22. The average molecular weight is 764 g/mol. The van der Waals surface area contributed by atoms with E-state index in [1.165, 1.54) is 6.42 Å². The van der Waals surface area contributed by atoms with Crippen LogP contribution in [0.25, 0.3) is 11.1 Å². The smallest absolute Gasteiger partial charge is 0.251 e. The van der Waals surface area contributed by atoms with E-state index in [-0.39, 0.29) is 42.5 Å². The van der Waals surface area contributed by atoms with Crippen molar-refractivity contribution in [3.63, 3.8) is 0 Å². The maximum Gasteiger partial charge on any atom is 0.251 e. The molecule has 0 radical (unpaired) electrons. The van der Waals surface area contributed by atoms with Crippen molar-refractivity contribution in [3.05, 3.63) is 47.5 Å². The third-order valence-corrected chi connectivity index (χ3v) is 13.0. The number of hydroxylamine groups is 2. The number of aliphatic hydroxyl groups excluding tert-OH is 2. The van der Waals surface area contributed by atoms with Gasteiger partial charge in [0, 0.05) is 60.0 Å². The van der Waals surface area contributed by atoms with Crippen molar-refractivity contribution in [2.24, 2.45) is 35.0 Å². The Morgan fingerprint density at radius 3 is 2.36 bits per heavy atom. The van der Waals surface area contributed by atoms with E-state index in [4.69, 9.17) is 9.57 Å². The lowest BCUT2D eigenvalue weighted by Crippen LogP contribution is -2.62. The summed E-state index contributed by atoms with van der Waals surface area (Å²) >= 11 is 0. The summed E-state index contributed by atoms with van der Waals surface area (Å²) in [4.78, 5) is 38.9. The highest BCUT2D eigenvalue weighted by Gasteiger charge is 2.57. The average Bonchev–Trinajstić information content (AvgIpc) is 3.50. The molecule has 2 amide bonds. The fourth-order valence-electron chi connectivity index (χ4n) is 9.96. The molecule has 11 heteroatoms. The van der Waals surface area contributed by atoms with E-state index in [0.717, 1.165) is 54.9 Å². The molecule has 55 heavy (non-hydrogen) atoms. The number of ether oxygens (including phenoxy) is 1. The first-order valence-electron chi connectivity index (χ1n) is 20.6. The van der Waals surface area contributed by atoms with Crippen LogP contribution >= 0.6 is 0 Å². The van der Waals surface area contributed by atoms with Gasteiger partial charge in [-0.05, 0) is 107 Å². The predicted octanol–water partition coefficient (Wildman–Crippen LogP) is 5.58. The van der Waals surface area contributed by atoms with Crippen LogP contribution in [0.4, 0.5) is 5.69 Å². The van der Waals surface area contributed by atoms with Crippen LogP contribution < -0.4 is 20.3 Å². The molecule has 1 aliphatic heterocycles. The van der Waals surface area contributed by atoms with Crippen LogP contribution in [-0.2, 0) is 16.2 Å². The van der Waals surface area contributed by atoms with E-state index in [2.05, 4.69) is 75.0 Å². The predicted molar refractivity (Wildman–Crippen MR) is 219 cm³/mol. The fourth-order valence-corrected chi connectivity index (χ4v) is 9.96. The van der Waals surface area contributed by atoms with Crippen LogP contribution in [0, 0.1) is 35.0 Å². The number of fused-ring (bicyclic) bond motifs is 2. The van der Waals surface area contributed by atoms with Crippen molar-refractivity contribution >= 4 is 17.5 Å². The lowest BCUT2D eigenvalue weighted by molar-refractivity contribution is -0.183. The Morgan fingerprint density at radius 1 is 1.09 bits per heavy atom. The number of carbonyl (C=O) groups is 2. The van der Waals surface area contributed by atoms with Gasteiger partial charge < -0.3 is 35.4 Å². The minimum absolute atomic E-state index is 0.00129. The van der Waals surface area contributed by atoms with Crippen molar-refractivity contribution in [2.45, 2.75) is 112 Å². The van der Waals surface area contributed by atoms with Crippen molar-refractivity contribution in [3.8, 4) is 16.9 Å². The summed E-state index contributed by atoms with van der Waals surface area (Å²) in [7, 11) is 5.67. The summed E-state index contributed by atoms with van der Waals surface area (Å²) in [6.45, 7) is 19.3. The fraction of sp³-hybridized carbons (Fsp3) is 0.682. The second-order valence-corrected chi connectivity index (χ2v) is 17.7. The normalized spacial score (nSPS) is 27.1. The topological polar surface area (TPSA) is 127 Å². The molecule has 306 valence electrons. The summed E-state index contributed by atoms with van der Waals surface area (Å²) in [6, 6.07) is 11.1. The molecular formula is C44H69N5O6. The first-order chi connectivity index (χ1) is 26.0. The number of para-hydroxylation sites is 1. The van der Waals surface area contributed by atoms with Crippen LogP contribution in [0.5, 0.6) is 5.75 Å². The molecule has 2 aromatic carbocycles. The van der Waals surface area contributed by atoms with Crippen LogP contribution in [0.3, 0.4) is 0 Å². The van der Waals surface area contributed by atoms with Gasteiger partial charge in [-0.15, -0.1) is 0 Å². The molecule has 4 fully saturated rings. The van der Waals surface area contributed by atoms with E-state index in [1.807, 2.05) is 44.4 Å². The Balaban J connectivity index is 1.48. The van der Waals surface area contributed by atoms with Gasteiger partial charge in [0.05, 0.1) is 26.4 Å². The molecule has 2 aromatic rings. The summed E-state index contributed by atoms with van der Waals surface area (Å²) in [5, 5.41) is 29.7. The summed E-state index contributed by atoms with van der Waals surface area (Å²) in [5.41, 5.74) is 4.21. The number of likely N-dealkylation sites (N-methyl/N-ethyl adjacent to an activating group) is 1. The number of nitrogens with one attached hydrogen (secondary N) is 2. The quantitative estimate of drug-likeness (QED) is 0.164. The van der Waals surface area contributed by atoms with Gasteiger partial charge in [0.1, 0.15) is 17.9 Å². The highest BCUT2D eigenvalue weighted by atomic mass is 16.7. The molecule has 3 aliphatic carbocycles. The molecule has 3 saturated carbocycles. The van der Waals surface area contributed by atoms with Gasteiger partial charge in [0.2, 0.25) is 5.91 Å². The number of carbonyl (C=O) groups excluding carboxylic acids is 2. The lowest BCUT2D eigenvalue weighted by Gasteiger charge is -2.62. The SMILES string of the molecule is CCN(CC)c1cc(C(=O)NC(CC(C)C)CN(C)C)cc(-c2cccc(CN3OC(CO)C(C(C)O)C3C(=O)NC3CC4CC(C3C)C4(C)C)c2OC)c1. The Morgan fingerprint density at radius 2 is 1.80 bits per heavy atom. The molecule has 0 aromatic heterocycles. The molecule has 4 aliphatic rings. The zero-order valence-corrected chi connectivity index (χ0v) is 35.3. The number of benzene rings is 2. The summed E-state index contributed by atoms with van der Waals surface area (Å²) in [5.74, 6) is 1.55. The van der Waals surface area contributed by atoms with Crippen molar-refractivity contribution in [1.29, 1.82) is 0 Å². The second-order valence-electron chi connectivity index (χ2n) is 17.7. The molecule has 4 N–H and O–H groups in total. The molecule has 1 saturated heterocycles. The van der Waals surface area contributed by atoms with E-state index < -0.39 is 24.2 Å². The zero-order valence-electron chi connectivity index (χ0n) is 35.3. The largest absolute Gasteiger partial charge is 0.496 e. The lowest BCUT2D eigenvalue weighted by atomic mass is 9.45. The van der Waals surface area contributed by atoms with Crippen LogP contribution in [0.2, 0.25) is 0 Å². The first-order valence-corrected chi connectivity index (χ1v) is 20.6. The molecule has 1 heterocycles. The molecule has 6 rings (SSSR count). The Labute approximate surface area is 330 Å². The molecule has 9 atom stereocenters. The number of hydrogen-bond acceptors (Lipinski definition) is 9.